The number of carbonyl (C=O) groups excluding carboxylic acids is 1. The number of amides is 1. The summed E-state index contributed by atoms with van der Waals surface area (Å²) in [7, 11) is 0. The Morgan fingerprint density at radius 3 is 3.00 bits per heavy atom. The van der Waals surface area contributed by atoms with E-state index < -0.39 is 0 Å². The van der Waals surface area contributed by atoms with Gasteiger partial charge in [0.15, 0.2) is 5.69 Å². The lowest BCUT2D eigenvalue weighted by atomic mass is 10.2. The van der Waals surface area contributed by atoms with Crippen molar-refractivity contribution in [2.24, 2.45) is 0 Å². The van der Waals surface area contributed by atoms with Gasteiger partial charge in [0.25, 0.3) is 5.91 Å². The lowest BCUT2D eigenvalue weighted by Gasteiger charge is -2.03. The zero-order valence-electron chi connectivity index (χ0n) is 11.1. The summed E-state index contributed by atoms with van der Waals surface area (Å²) in [6.45, 7) is 0.515. The summed E-state index contributed by atoms with van der Waals surface area (Å²) < 4.78 is 0. The molecule has 6 heteroatoms. The Hall–Kier alpha value is -2.37. The first kappa shape index (κ1) is 12.7. The van der Waals surface area contributed by atoms with E-state index in [-0.39, 0.29) is 5.91 Å². The number of nitrogen functional groups attached to an aromatic ring is 1. The molecule has 0 atom stereocenters. The monoisotopic (exact) mass is 271 g/mol. The first-order valence-electron chi connectivity index (χ1n) is 6.77. The molecular weight excluding hydrogens is 254 g/mol. The molecule has 1 saturated carbocycles. The van der Waals surface area contributed by atoms with E-state index in [9.17, 15) is 4.79 Å². The van der Waals surface area contributed by atoms with Crippen LogP contribution in [0.25, 0.3) is 0 Å². The van der Waals surface area contributed by atoms with Crippen LogP contribution in [0.1, 0.15) is 40.6 Å². The second kappa shape index (κ2) is 5.32. The molecule has 20 heavy (non-hydrogen) atoms. The van der Waals surface area contributed by atoms with Crippen LogP contribution in [0.5, 0.6) is 0 Å². The highest BCUT2D eigenvalue weighted by molar-refractivity contribution is 5.97. The number of aromatic amines is 1. The van der Waals surface area contributed by atoms with Gasteiger partial charge in [-0.2, -0.15) is 5.10 Å². The molecular formula is C14H17N5O. The van der Waals surface area contributed by atoms with E-state index in [1.165, 1.54) is 0 Å². The molecule has 1 aliphatic rings. The summed E-state index contributed by atoms with van der Waals surface area (Å²) in [5.74, 6) is 0.221. The van der Waals surface area contributed by atoms with E-state index in [1.807, 2.05) is 18.2 Å². The Morgan fingerprint density at radius 2 is 2.30 bits per heavy atom. The van der Waals surface area contributed by atoms with Crippen molar-refractivity contribution < 1.29 is 4.79 Å². The number of H-pyrrole nitrogens is 1. The van der Waals surface area contributed by atoms with Crippen LogP contribution in [0.3, 0.4) is 0 Å². The van der Waals surface area contributed by atoms with Crippen molar-refractivity contribution in [1.29, 1.82) is 0 Å². The number of pyridine rings is 1. The van der Waals surface area contributed by atoms with Gasteiger partial charge in [-0.05, 0) is 25.0 Å². The molecule has 0 aromatic carbocycles. The van der Waals surface area contributed by atoms with Crippen LogP contribution in [0.15, 0.2) is 24.4 Å². The maximum absolute atomic E-state index is 12.0. The highest BCUT2D eigenvalue weighted by Crippen LogP contribution is 2.42. The lowest BCUT2D eigenvalue weighted by molar-refractivity contribution is 0.0950. The molecule has 0 bridgehead atoms. The molecule has 6 nitrogen and oxygen atoms in total. The summed E-state index contributed by atoms with van der Waals surface area (Å²) in [6, 6.07) is 5.73. The molecule has 0 aliphatic heterocycles. The van der Waals surface area contributed by atoms with Gasteiger partial charge in [0.05, 0.1) is 11.4 Å². The summed E-state index contributed by atoms with van der Waals surface area (Å²) in [5.41, 5.74) is 8.60. The number of nitrogens with two attached hydrogens (primary N) is 1. The zero-order valence-corrected chi connectivity index (χ0v) is 11.1. The Morgan fingerprint density at radius 1 is 1.45 bits per heavy atom. The Labute approximate surface area is 116 Å². The predicted molar refractivity (Wildman–Crippen MR) is 75.2 cm³/mol. The quantitative estimate of drug-likeness (QED) is 0.762. The molecule has 0 spiro atoms. The van der Waals surface area contributed by atoms with Crippen molar-refractivity contribution in [3.05, 3.63) is 41.5 Å². The van der Waals surface area contributed by atoms with Crippen LogP contribution in [-0.4, -0.2) is 27.6 Å². The summed E-state index contributed by atoms with van der Waals surface area (Å²) in [5, 5.41) is 9.72. The average Bonchev–Trinajstić information content (AvgIpc) is 3.23. The van der Waals surface area contributed by atoms with Gasteiger partial charge in [-0.25, -0.2) is 0 Å². The fourth-order valence-electron chi connectivity index (χ4n) is 2.15. The molecule has 0 saturated heterocycles. The Bertz CT molecular complexity index is 603. The minimum absolute atomic E-state index is 0.235. The normalized spacial score (nSPS) is 14.2. The highest BCUT2D eigenvalue weighted by Gasteiger charge is 2.30. The largest absolute Gasteiger partial charge is 0.395 e. The van der Waals surface area contributed by atoms with Gasteiger partial charge < -0.3 is 11.1 Å². The number of hydrogen-bond donors (Lipinski definition) is 3. The van der Waals surface area contributed by atoms with E-state index in [4.69, 9.17) is 5.73 Å². The summed E-state index contributed by atoms with van der Waals surface area (Å²) >= 11 is 0. The minimum atomic E-state index is -0.235. The van der Waals surface area contributed by atoms with Gasteiger partial charge >= 0.3 is 0 Å². The topological polar surface area (TPSA) is 96.7 Å². The van der Waals surface area contributed by atoms with E-state index in [0.29, 0.717) is 30.3 Å². The molecule has 2 aromatic heterocycles. The van der Waals surface area contributed by atoms with Crippen molar-refractivity contribution >= 4 is 11.6 Å². The van der Waals surface area contributed by atoms with Gasteiger partial charge in [0.2, 0.25) is 0 Å². The molecule has 2 heterocycles. The molecule has 0 unspecified atom stereocenters. The fourth-order valence-corrected chi connectivity index (χ4v) is 2.15. The molecule has 4 N–H and O–H groups in total. The first-order valence-corrected chi connectivity index (χ1v) is 6.77. The number of aromatic nitrogens is 3. The molecule has 1 aliphatic carbocycles. The molecule has 0 radical (unpaired) electrons. The first-order chi connectivity index (χ1) is 9.75. The third kappa shape index (κ3) is 2.64. The third-order valence-electron chi connectivity index (χ3n) is 3.43. The van der Waals surface area contributed by atoms with E-state index >= 15 is 0 Å². The van der Waals surface area contributed by atoms with Gasteiger partial charge in [-0.15, -0.1) is 0 Å². The second-order valence-electron chi connectivity index (χ2n) is 5.00. The SMILES string of the molecule is Nc1c(C(=O)NCCc2ccccn2)n[nH]c1C1CC1. The van der Waals surface area contributed by atoms with Crippen LogP contribution >= 0.6 is 0 Å². The smallest absolute Gasteiger partial charge is 0.273 e. The molecule has 1 amide bonds. The van der Waals surface area contributed by atoms with Gasteiger partial charge in [0, 0.05) is 30.8 Å². The second-order valence-corrected chi connectivity index (χ2v) is 5.00. The number of anilines is 1. The van der Waals surface area contributed by atoms with Crippen LogP contribution in [-0.2, 0) is 6.42 Å². The standard InChI is InChI=1S/C14H17N5O/c15-11-12(9-4-5-9)18-19-13(11)14(20)17-8-6-10-3-1-2-7-16-10/h1-3,7,9H,4-6,8,15H2,(H,17,20)(H,18,19). The highest BCUT2D eigenvalue weighted by atomic mass is 16.1. The lowest BCUT2D eigenvalue weighted by Crippen LogP contribution is -2.27. The van der Waals surface area contributed by atoms with E-state index in [0.717, 1.165) is 24.2 Å². The van der Waals surface area contributed by atoms with Crippen molar-refractivity contribution in [1.82, 2.24) is 20.5 Å². The number of nitrogens with one attached hydrogen (secondary N) is 2. The Kier molecular flexibility index (Phi) is 3.37. The molecule has 104 valence electrons. The van der Waals surface area contributed by atoms with Gasteiger partial charge in [0.1, 0.15) is 0 Å². The van der Waals surface area contributed by atoms with Crippen molar-refractivity contribution in [2.75, 3.05) is 12.3 Å². The van der Waals surface area contributed by atoms with E-state index in [2.05, 4.69) is 20.5 Å². The average molecular weight is 271 g/mol. The van der Waals surface area contributed by atoms with Crippen molar-refractivity contribution in [2.45, 2.75) is 25.2 Å². The number of rotatable bonds is 5. The van der Waals surface area contributed by atoms with Crippen LogP contribution < -0.4 is 11.1 Å². The zero-order chi connectivity index (χ0) is 13.9. The third-order valence-corrected chi connectivity index (χ3v) is 3.43. The van der Waals surface area contributed by atoms with Gasteiger partial charge in [-0.1, -0.05) is 6.07 Å². The summed E-state index contributed by atoms with van der Waals surface area (Å²) in [6.07, 6.45) is 4.66. The van der Waals surface area contributed by atoms with Crippen LogP contribution in [0.4, 0.5) is 5.69 Å². The van der Waals surface area contributed by atoms with Gasteiger partial charge in [-0.3, -0.25) is 14.9 Å². The van der Waals surface area contributed by atoms with Crippen LogP contribution in [0.2, 0.25) is 0 Å². The molecule has 3 rings (SSSR count). The maximum Gasteiger partial charge on any atom is 0.273 e. The predicted octanol–water partition coefficient (Wildman–Crippen LogP) is 1.24. The van der Waals surface area contributed by atoms with Crippen molar-refractivity contribution in [3.63, 3.8) is 0 Å². The summed E-state index contributed by atoms with van der Waals surface area (Å²) in [4.78, 5) is 16.2. The fraction of sp³-hybridized carbons (Fsp3) is 0.357. The molecule has 1 fully saturated rings. The maximum atomic E-state index is 12.0. The van der Waals surface area contributed by atoms with E-state index in [1.54, 1.807) is 6.20 Å². The van der Waals surface area contributed by atoms with Crippen LogP contribution in [0, 0.1) is 0 Å². The van der Waals surface area contributed by atoms with Crippen molar-refractivity contribution in [3.8, 4) is 0 Å². The number of nitrogens with zero attached hydrogens (tertiary/aromatic N) is 2. The number of hydrogen-bond acceptors (Lipinski definition) is 4. The minimum Gasteiger partial charge on any atom is -0.395 e. The Balaban J connectivity index is 1.56. The molecule has 2 aromatic rings. The number of carbonyl (C=O) groups is 1.